The second kappa shape index (κ2) is 8.73. The summed E-state index contributed by atoms with van der Waals surface area (Å²) in [5, 5.41) is 14.1. The van der Waals surface area contributed by atoms with Gasteiger partial charge in [-0.25, -0.2) is 0 Å². The number of amides is 1. The number of nitro benzene ring substituents is 1. The Bertz CT molecular complexity index is 1310. The van der Waals surface area contributed by atoms with Gasteiger partial charge in [0.05, 0.1) is 17.2 Å². The number of nitro groups is 1. The lowest BCUT2D eigenvalue weighted by Gasteiger charge is -2.07. The van der Waals surface area contributed by atoms with E-state index in [1.165, 1.54) is 24.3 Å². The minimum atomic E-state index is -0.543. The van der Waals surface area contributed by atoms with Crippen LogP contribution in [0.5, 0.6) is 5.75 Å². The van der Waals surface area contributed by atoms with Gasteiger partial charge >= 0.3 is 0 Å². The van der Waals surface area contributed by atoms with Gasteiger partial charge in [-0.15, -0.1) is 0 Å². The van der Waals surface area contributed by atoms with Gasteiger partial charge in [-0.2, -0.15) is 0 Å². The summed E-state index contributed by atoms with van der Waals surface area (Å²) in [7, 11) is 0. The number of fused-ring (bicyclic) bond motifs is 1. The SMILES string of the molecule is CCOc1ccc(C(=O)c2oc3ccccc3c2NC(=O)c2ccc([N+](=O)[O-])cc2)cc1. The summed E-state index contributed by atoms with van der Waals surface area (Å²) in [5.74, 6) is -0.290. The summed E-state index contributed by atoms with van der Waals surface area (Å²) in [6.45, 7) is 2.38. The Morgan fingerprint density at radius 2 is 1.62 bits per heavy atom. The number of ketones is 1. The molecule has 0 saturated carbocycles. The molecule has 3 aromatic carbocycles. The van der Waals surface area contributed by atoms with Crippen molar-refractivity contribution < 1.29 is 23.7 Å². The molecule has 32 heavy (non-hydrogen) atoms. The van der Waals surface area contributed by atoms with Gasteiger partial charge in [-0.3, -0.25) is 19.7 Å². The van der Waals surface area contributed by atoms with Gasteiger partial charge in [0.2, 0.25) is 5.78 Å². The van der Waals surface area contributed by atoms with Crippen LogP contribution in [0.2, 0.25) is 0 Å². The van der Waals surface area contributed by atoms with E-state index in [0.717, 1.165) is 0 Å². The Morgan fingerprint density at radius 1 is 0.969 bits per heavy atom. The molecular formula is C24H18N2O6. The van der Waals surface area contributed by atoms with Crippen LogP contribution in [-0.4, -0.2) is 23.2 Å². The Labute approximate surface area is 182 Å². The number of carbonyl (C=O) groups is 2. The Hall–Kier alpha value is -4.46. The summed E-state index contributed by atoms with van der Waals surface area (Å²) in [5.41, 5.74) is 1.14. The predicted molar refractivity (Wildman–Crippen MR) is 118 cm³/mol. The zero-order chi connectivity index (χ0) is 22.7. The minimum absolute atomic E-state index is 0.00868. The highest BCUT2D eigenvalue weighted by Gasteiger charge is 2.24. The van der Waals surface area contributed by atoms with Crippen molar-refractivity contribution in [3.8, 4) is 5.75 Å². The van der Waals surface area contributed by atoms with Crippen molar-refractivity contribution in [3.63, 3.8) is 0 Å². The zero-order valence-electron chi connectivity index (χ0n) is 17.0. The average Bonchev–Trinajstić information content (AvgIpc) is 3.17. The first kappa shape index (κ1) is 20.8. The average molecular weight is 430 g/mol. The molecule has 0 atom stereocenters. The van der Waals surface area contributed by atoms with Gasteiger partial charge in [-0.05, 0) is 55.5 Å². The third-order valence-corrected chi connectivity index (χ3v) is 4.81. The summed E-state index contributed by atoms with van der Waals surface area (Å²) < 4.78 is 11.2. The van der Waals surface area contributed by atoms with Crippen molar-refractivity contribution >= 4 is 34.0 Å². The first-order chi connectivity index (χ1) is 15.5. The van der Waals surface area contributed by atoms with Crippen molar-refractivity contribution in [2.75, 3.05) is 11.9 Å². The molecule has 1 amide bonds. The Kier molecular flexibility index (Phi) is 5.67. The molecule has 1 N–H and O–H groups in total. The standard InChI is InChI=1S/C24H18N2O6/c1-2-31-18-13-9-15(10-14-18)22(27)23-21(19-5-3-4-6-20(19)32-23)25-24(28)16-7-11-17(12-8-16)26(29)30/h3-14H,2H2,1H3,(H,25,28). The maximum atomic E-state index is 13.2. The van der Waals surface area contributed by atoms with Crippen LogP contribution in [0.15, 0.2) is 77.2 Å². The number of carbonyl (C=O) groups excluding carboxylic acids is 2. The molecule has 8 heteroatoms. The van der Waals surface area contributed by atoms with Gasteiger partial charge in [0.15, 0.2) is 5.76 Å². The molecule has 0 spiro atoms. The van der Waals surface area contributed by atoms with E-state index in [1.54, 1.807) is 48.5 Å². The van der Waals surface area contributed by atoms with Crippen LogP contribution in [0, 0.1) is 10.1 Å². The monoisotopic (exact) mass is 430 g/mol. The van der Waals surface area contributed by atoms with Gasteiger partial charge in [0.25, 0.3) is 11.6 Å². The van der Waals surface area contributed by atoms with E-state index >= 15 is 0 Å². The van der Waals surface area contributed by atoms with Gasteiger partial charge in [0, 0.05) is 28.6 Å². The summed E-state index contributed by atoms with van der Waals surface area (Å²) >= 11 is 0. The fourth-order valence-corrected chi connectivity index (χ4v) is 3.25. The molecule has 0 aliphatic carbocycles. The van der Waals surface area contributed by atoms with E-state index in [4.69, 9.17) is 9.15 Å². The van der Waals surface area contributed by atoms with E-state index < -0.39 is 16.6 Å². The highest BCUT2D eigenvalue weighted by molar-refractivity contribution is 6.18. The number of hydrogen-bond donors (Lipinski definition) is 1. The van der Waals surface area contributed by atoms with Crippen LogP contribution in [0.1, 0.15) is 33.4 Å². The molecule has 4 rings (SSSR count). The van der Waals surface area contributed by atoms with Crippen LogP contribution in [0.25, 0.3) is 11.0 Å². The molecule has 0 unspecified atom stereocenters. The van der Waals surface area contributed by atoms with Crippen molar-refractivity contribution in [1.82, 2.24) is 0 Å². The normalized spacial score (nSPS) is 10.7. The van der Waals surface area contributed by atoms with Crippen molar-refractivity contribution in [1.29, 1.82) is 0 Å². The number of anilines is 1. The summed E-state index contributed by atoms with van der Waals surface area (Å²) in [4.78, 5) is 36.3. The van der Waals surface area contributed by atoms with Crippen LogP contribution in [-0.2, 0) is 0 Å². The van der Waals surface area contributed by atoms with Crippen molar-refractivity contribution in [3.05, 3.63) is 99.8 Å². The highest BCUT2D eigenvalue weighted by atomic mass is 16.6. The molecule has 0 bridgehead atoms. The fraction of sp³-hybridized carbons (Fsp3) is 0.0833. The molecule has 0 fully saturated rings. The third kappa shape index (κ3) is 4.06. The maximum Gasteiger partial charge on any atom is 0.269 e. The summed E-state index contributed by atoms with van der Waals surface area (Å²) in [6.07, 6.45) is 0. The van der Waals surface area contributed by atoms with E-state index in [2.05, 4.69) is 5.32 Å². The lowest BCUT2D eigenvalue weighted by Crippen LogP contribution is -2.14. The number of non-ortho nitro benzene ring substituents is 1. The van der Waals surface area contributed by atoms with E-state index in [9.17, 15) is 19.7 Å². The number of furan rings is 1. The quantitative estimate of drug-likeness (QED) is 0.244. The second-order valence-electron chi connectivity index (χ2n) is 6.85. The third-order valence-electron chi connectivity index (χ3n) is 4.81. The van der Waals surface area contributed by atoms with E-state index in [0.29, 0.717) is 28.9 Å². The molecule has 4 aromatic rings. The lowest BCUT2D eigenvalue weighted by molar-refractivity contribution is -0.384. The number of nitrogens with one attached hydrogen (secondary N) is 1. The second-order valence-corrected chi connectivity index (χ2v) is 6.85. The molecule has 0 aliphatic heterocycles. The van der Waals surface area contributed by atoms with Gasteiger partial charge in [0.1, 0.15) is 11.3 Å². The zero-order valence-corrected chi connectivity index (χ0v) is 17.0. The highest BCUT2D eigenvalue weighted by Crippen LogP contribution is 2.33. The number of ether oxygens (including phenoxy) is 1. The maximum absolute atomic E-state index is 13.2. The van der Waals surface area contributed by atoms with E-state index in [-0.39, 0.29) is 22.7 Å². The molecule has 0 saturated heterocycles. The van der Waals surface area contributed by atoms with Gasteiger partial charge < -0.3 is 14.5 Å². The number of para-hydroxylation sites is 1. The molecular weight excluding hydrogens is 412 g/mol. The number of hydrogen-bond acceptors (Lipinski definition) is 6. The van der Waals surface area contributed by atoms with Crippen molar-refractivity contribution in [2.45, 2.75) is 6.92 Å². The number of nitrogens with zero attached hydrogens (tertiary/aromatic N) is 1. The summed E-state index contributed by atoms with van der Waals surface area (Å²) in [6, 6.07) is 18.8. The van der Waals surface area contributed by atoms with Crippen LogP contribution < -0.4 is 10.1 Å². The van der Waals surface area contributed by atoms with Crippen LogP contribution >= 0.6 is 0 Å². The topological polar surface area (TPSA) is 112 Å². The van der Waals surface area contributed by atoms with E-state index in [1.807, 2.05) is 6.92 Å². The number of rotatable bonds is 7. The van der Waals surface area contributed by atoms with Crippen LogP contribution in [0.4, 0.5) is 11.4 Å². The lowest BCUT2D eigenvalue weighted by atomic mass is 10.1. The first-order valence-electron chi connectivity index (χ1n) is 9.83. The van der Waals surface area contributed by atoms with Gasteiger partial charge in [-0.1, -0.05) is 12.1 Å². The molecule has 1 aromatic heterocycles. The number of benzene rings is 3. The Balaban J connectivity index is 1.69. The van der Waals surface area contributed by atoms with Crippen molar-refractivity contribution in [2.24, 2.45) is 0 Å². The molecule has 1 heterocycles. The molecule has 8 nitrogen and oxygen atoms in total. The largest absolute Gasteiger partial charge is 0.494 e. The molecule has 160 valence electrons. The Morgan fingerprint density at radius 3 is 2.28 bits per heavy atom. The first-order valence-corrected chi connectivity index (χ1v) is 9.83. The van der Waals surface area contributed by atoms with Crippen LogP contribution in [0.3, 0.4) is 0 Å². The molecule has 0 radical (unpaired) electrons. The minimum Gasteiger partial charge on any atom is -0.494 e. The smallest absolute Gasteiger partial charge is 0.269 e. The predicted octanol–water partition coefficient (Wildman–Crippen LogP) is 5.22. The fourth-order valence-electron chi connectivity index (χ4n) is 3.25. The molecule has 0 aliphatic rings.